The van der Waals surface area contributed by atoms with Crippen molar-refractivity contribution in [2.75, 3.05) is 17.7 Å². The molecular formula is C9H11ClN2O3. The monoisotopic (exact) mass is 230 g/mol. The molecular weight excluding hydrogens is 220 g/mol. The van der Waals surface area contributed by atoms with Gasteiger partial charge in [-0.1, -0.05) is 12.1 Å². The number of aliphatic hydroxyl groups excluding tert-OH is 1. The first-order valence-electron chi connectivity index (χ1n) is 4.36. The zero-order valence-corrected chi connectivity index (χ0v) is 8.65. The lowest BCUT2D eigenvalue weighted by Crippen LogP contribution is -2.21. The van der Waals surface area contributed by atoms with Crippen LogP contribution in [0.1, 0.15) is 0 Å². The van der Waals surface area contributed by atoms with Gasteiger partial charge in [0, 0.05) is 12.6 Å². The maximum absolute atomic E-state index is 10.6. The highest BCUT2D eigenvalue weighted by molar-refractivity contribution is 6.18. The van der Waals surface area contributed by atoms with Crippen LogP contribution in [0.5, 0.6) is 0 Å². The van der Waals surface area contributed by atoms with Crippen LogP contribution in [0.25, 0.3) is 0 Å². The van der Waals surface area contributed by atoms with Crippen LogP contribution >= 0.6 is 11.6 Å². The third-order valence-electron chi connectivity index (χ3n) is 1.81. The molecule has 0 aliphatic carbocycles. The number of aliphatic hydroxyl groups is 1. The molecule has 1 unspecified atom stereocenters. The Hall–Kier alpha value is -1.33. The number of nitro groups is 1. The second-order valence-corrected chi connectivity index (χ2v) is 3.27. The molecule has 2 N–H and O–H groups in total. The van der Waals surface area contributed by atoms with Gasteiger partial charge in [0.1, 0.15) is 5.69 Å². The smallest absolute Gasteiger partial charge is 0.292 e. The Kier molecular flexibility index (Phi) is 4.33. The van der Waals surface area contributed by atoms with E-state index in [0.29, 0.717) is 5.69 Å². The predicted molar refractivity (Wildman–Crippen MR) is 58.3 cm³/mol. The molecule has 0 saturated heterocycles. The molecule has 1 atom stereocenters. The summed E-state index contributed by atoms with van der Waals surface area (Å²) in [5.41, 5.74) is 0.367. The van der Waals surface area contributed by atoms with Crippen molar-refractivity contribution in [3.05, 3.63) is 34.4 Å². The SMILES string of the molecule is O=[N+]([O-])c1ccccc1NCC(O)CCl. The van der Waals surface area contributed by atoms with E-state index in [1.54, 1.807) is 18.2 Å². The minimum Gasteiger partial charge on any atom is -0.390 e. The van der Waals surface area contributed by atoms with Gasteiger partial charge in [0.15, 0.2) is 0 Å². The number of halogens is 1. The van der Waals surface area contributed by atoms with E-state index in [2.05, 4.69) is 5.32 Å². The lowest BCUT2D eigenvalue weighted by molar-refractivity contribution is -0.384. The number of nitrogens with zero attached hydrogens (tertiary/aromatic N) is 1. The molecule has 15 heavy (non-hydrogen) atoms. The highest BCUT2D eigenvalue weighted by Crippen LogP contribution is 2.22. The molecule has 0 bridgehead atoms. The normalized spacial score (nSPS) is 12.1. The first kappa shape index (κ1) is 11.7. The van der Waals surface area contributed by atoms with Crippen LogP contribution < -0.4 is 5.32 Å². The molecule has 1 rings (SSSR count). The summed E-state index contributed by atoms with van der Waals surface area (Å²) in [7, 11) is 0. The summed E-state index contributed by atoms with van der Waals surface area (Å²) in [4.78, 5) is 10.1. The second kappa shape index (κ2) is 5.53. The first-order valence-corrected chi connectivity index (χ1v) is 4.90. The van der Waals surface area contributed by atoms with Crippen LogP contribution in [0.2, 0.25) is 0 Å². The van der Waals surface area contributed by atoms with Crippen molar-refractivity contribution >= 4 is 23.0 Å². The van der Waals surface area contributed by atoms with Crippen molar-refractivity contribution in [3.63, 3.8) is 0 Å². The fourth-order valence-electron chi connectivity index (χ4n) is 1.06. The number of benzene rings is 1. The second-order valence-electron chi connectivity index (χ2n) is 2.96. The predicted octanol–water partition coefficient (Wildman–Crippen LogP) is 1.61. The van der Waals surface area contributed by atoms with Crippen molar-refractivity contribution < 1.29 is 10.0 Å². The number of nitro benzene ring substituents is 1. The molecule has 0 spiro atoms. The van der Waals surface area contributed by atoms with Gasteiger partial charge in [-0.2, -0.15) is 0 Å². The minimum atomic E-state index is -0.716. The minimum absolute atomic E-state index is 0.0146. The highest BCUT2D eigenvalue weighted by Gasteiger charge is 2.12. The van der Waals surface area contributed by atoms with E-state index in [0.717, 1.165) is 0 Å². The zero-order chi connectivity index (χ0) is 11.3. The van der Waals surface area contributed by atoms with Gasteiger partial charge in [0.05, 0.1) is 16.9 Å². The van der Waals surface area contributed by atoms with Crippen LogP contribution in [0.3, 0.4) is 0 Å². The molecule has 0 heterocycles. The fraction of sp³-hybridized carbons (Fsp3) is 0.333. The summed E-state index contributed by atoms with van der Waals surface area (Å²) < 4.78 is 0. The van der Waals surface area contributed by atoms with E-state index >= 15 is 0 Å². The van der Waals surface area contributed by atoms with Gasteiger partial charge in [-0.25, -0.2) is 0 Å². The maximum Gasteiger partial charge on any atom is 0.292 e. The number of hydrogen-bond donors (Lipinski definition) is 2. The van der Waals surface area contributed by atoms with Crippen LogP contribution in [-0.2, 0) is 0 Å². The van der Waals surface area contributed by atoms with E-state index < -0.39 is 11.0 Å². The Balaban J connectivity index is 2.72. The van der Waals surface area contributed by atoms with Crippen molar-refractivity contribution in [1.82, 2.24) is 0 Å². The molecule has 0 amide bonds. The summed E-state index contributed by atoms with van der Waals surface area (Å²) in [6.07, 6.45) is -0.716. The molecule has 6 heteroatoms. The van der Waals surface area contributed by atoms with E-state index in [9.17, 15) is 15.2 Å². The maximum atomic E-state index is 10.6. The Morgan fingerprint density at radius 2 is 2.20 bits per heavy atom. The highest BCUT2D eigenvalue weighted by atomic mass is 35.5. The molecule has 82 valence electrons. The number of anilines is 1. The molecule has 5 nitrogen and oxygen atoms in total. The van der Waals surface area contributed by atoms with Crippen molar-refractivity contribution in [3.8, 4) is 0 Å². The average Bonchev–Trinajstić information content (AvgIpc) is 2.26. The molecule has 0 radical (unpaired) electrons. The van der Waals surface area contributed by atoms with Crippen LogP contribution in [0.15, 0.2) is 24.3 Å². The zero-order valence-electron chi connectivity index (χ0n) is 7.89. The number of para-hydroxylation sites is 2. The molecule has 0 aliphatic rings. The third kappa shape index (κ3) is 3.38. The van der Waals surface area contributed by atoms with Crippen LogP contribution in [0, 0.1) is 10.1 Å². The molecule has 0 aromatic heterocycles. The summed E-state index contributed by atoms with van der Waals surface area (Å²) in [5, 5.41) is 22.6. The number of alkyl halides is 1. The summed E-state index contributed by atoms with van der Waals surface area (Å²) >= 11 is 5.40. The van der Waals surface area contributed by atoms with Crippen molar-refractivity contribution in [2.24, 2.45) is 0 Å². The topological polar surface area (TPSA) is 75.4 Å². The van der Waals surface area contributed by atoms with Gasteiger partial charge in [-0.3, -0.25) is 10.1 Å². The standard InChI is InChI=1S/C9H11ClN2O3/c10-5-7(13)6-11-8-3-1-2-4-9(8)12(14)15/h1-4,7,11,13H,5-6H2. The van der Waals surface area contributed by atoms with Crippen molar-refractivity contribution in [2.45, 2.75) is 6.10 Å². The largest absolute Gasteiger partial charge is 0.390 e. The van der Waals surface area contributed by atoms with E-state index in [4.69, 9.17) is 11.6 Å². The van der Waals surface area contributed by atoms with Crippen LogP contribution in [-0.4, -0.2) is 28.6 Å². The fourth-order valence-corrected chi connectivity index (χ4v) is 1.17. The van der Waals surface area contributed by atoms with Crippen LogP contribution in [0.4, 0.5) is 11.4 Å². The van der Waals surface area contributed by atoms with Crippen molar-refractivity contribution in [1.29, 1.82) is 0 Å². The summed E-state index contributed by atoms with van der Waals surface area (Å²) in [5.74, 6) is 0.0909. The van der Waals surface area contributed by atoms with Gasteiger partial charge < -0.3 is 10.4 Å². The van der Waals surface area contributed by atoms with Gasteiger partial charge >= 0.3 is 0 Å². The van der Waals surface area contributed by atoms with E-state index in [-0.39, 0.29) is 18.1 Å². The van der Waals surface area contributed by atoms with E-state index in [1.165, 1.54) is 6.07 Å². The number of hydrogen-bond acceptors (Lipinski definition) is 4. The molecule has 0 aliphatic heterocycles. The molecule has 0 saturated carbocycles. The number of rotatable bonds is 5. The third-order valence-corrected chi connectivity index (χ3v) is 2.16. The Bertz CT molecular complexity index is 346. The number of nitrogens with one attached hydrogen (secondary N) is 1. The first-order chi connectivity index (χ1) is 7.15. The van der Waals surface area contributed by atoms with Gasteiger partial charge in [-0.15, -0.1) is 11.6 Å². The quantitative estimate of drug-likeness (QED) is 0.458. The Morgan fingerprint density at radius 3 is 2.80 bits per heavy atom. The molecule has 1 aromatic rings. The Morgan fingerprint density at radius 1 is 1.53 bits per heavy atom. The molecule has 1 aromatic carbocycles. The molecule has 0 fully saturated rings. The lowest BCUT2D eigenvalue weighted by atomic mass is 10.2. The van der Waals surface area contributed by atoms with Gasteiger partial charge in [0.2, 0.25) is 0 Å². The Labute approximate surface area is 91.8 Å². The lowest BCUT2D eigenvalue weighted by Gasteiger charge is -2.09. The van der Waals surface area contributed by atoms with E-state index in [1.807, 2.05) is 0 Å². The summed E-state index contributed by atoms with van der Waals surface area (Å²) in [6, 6.07) is 6.25. The van der Waals surface area contributed by atoms with Gasteiger partial charge in [0.25, 0.3) is 5.69 Å². The average molecular weight is 231 g/mol. The summed E-state index contributed by atoms with van der Waals surface area (Å²) in [6.45, 7) is 0.189. The van der Waals surface area contributed by atoms with Gasteiger partial charge in [-0.05, 0) is 6.07 Å².